The highest BCUT2D eigenvalue weighted by Gasteiger charge is 2.14. The zero-order chi connectivity index (χ0) is 15.6. The van der Waals surface area contributed by atoms with Crippen LogP contribution in [-0.2, 0) is 24.8 Å². The van der Waals surface area contributed by atoms with Gasteiger partial charge in [-0.3, -0.25) is 9.48 Å². The second kappa shape index (κ2) is 6.04. The third-order valence-corrected chi connectivity index (χ3v) is 4.05. The summed E-state index contributed by atoms with van der Waals surface area (Å²) in [6.07, 6.45) is 0.253. The molecule has 1 amide bonds. The molecule has 7 nitrogen and oxygen atoms in total. The molecule has 0 aromatic carbocycles. The maximum absolute atomic E-state index is 12.0. The Labute approximate surface area is 125 Å². The van der Waals surface area contributed by atoms with Gasteiger partial charge in [0.05, 0.1) is 18.7 Å². The molecule has 2 N–H and O–H groups in total. The Bertz CT molecular complexity index is 690. The average molecular weight is 308 g/mol. The zero-order valence-corrected chi connectivity index (χ0v) is 12.8. The maximum Gasteiger partial charge on any atom is 0.355 e. The third kappa shape index (κ3) is 3.46. The van der Waals surface area contributed by atoms with E-state index in [1.165, 1.54) is 16.7 Å². The van der Waals surface area contributed by atoms with E-state index < -0.39 is 5.97 Å². The van der Waals surface area contributed by atoms with Gasteiger partial charge in [0, 0.05) is 23.7 Å². The van der Waals surface area contributed by atoms with Gasteiger partial charge in [-0.25, -0.2) is 9.78 Å². The molecular weight excluding hydrogens is 292 g/mol. The van der Waals surface area contributed by atoms with Gasteiger partial charge in [0.25, 0.3) is 0 Å². The molecule has 8 heteroatoms. The van der Waals surface area contributed by atoms with Crippen molar-refractivity contribution in [2.24, 2.45) is 7.05 Å². The molecule has 0 bridgehead atoms. The molecule has 0 aliphatic rings. The number of aromatic carboxylic acids is 1. The molecule has 112 valence electrons. The molecule has 0 saturated heterocycles. The molecule has 0 spiro atoms. The first-order valence-electron chi connectivity index (χ1n) is 6.32. The maximum atomic E-state index is 12.0. The number of amides is 1. The highest BCUT2D eigenvalue weighted by atomic mass is 32.1. The minimum absolute atomic E-state index is 0.00296. The monoisotopic (exact) mass is 308 g/mol. The summed E-state index contributed by atoms with van der Waals surface area (Å²) in [5.41, 5.74) is 2.72. The van der Waals surface area contributed by atoms with Crippen molar-refractivity contribution in [2.45, 2.75) is 26.8 Å². The zero-order valence-electron chi connectivity index (χ0n) is 12.0. The van der Waals surface area contributed by atoms with E-state index in [1.54, 1.807) is 4.68 Å². The minimum Gasteiger partial charge on any atom is -0.476 e. The van der Waals surface area contributed by atoms with Crippen LogP contribution >= 0.6 is 11.3 Å². The van der Waals surface area contributed by atoms with Crippen LogP contribution in [0.4, 0.5) is 0 Å². The van der Waals surface area contributed by atoms with Crippen LogP contribution in [0.1, 0.15) is 32.4 Å². The predicted molar refractivity (Wildman–Crippen MR) is 77.3 cm³/mol. The van der Waals surface area contributed by atoms with Crippen molar-refractivity contribution >= 4 is 23.2 Å². The highest BCUT2D eigenvalue weighted by Crippen LogP contribution is 2.13. The number of hydrogen-bond acceptors (Lipinski definition) is 5. The van der Waals surface area contributed by atoms with Gasteiger partial charge in [-0.2, -0.15) is 5.10 Å². The van der Waals surface area contributed by atoms with Crippen LogP contribution in [0.15, 0.2) is 5.38 Å². The lowest BCUT2D eigenvalue weighted by atomic mass is 10.1. The van der Waals surface area contributed by atoms with Crippen LogP contribution in [-0.4, -0.2) is 31.7 Å². The highest BCUT2D eigenvalue weighted by molar-refractivity contribution is 7.09. The molecule has 2 heterocycles. The summed E-state index contributed by atoms with van der Waals surface area (Å²) in [7, 11) is 1.84. The van der Waals surface area contributed by atoms with Crippen molar-refractivity contribution in [1.29, 1.82) is 0 Å². The summed E-state index contributed by atoms with van der Waals surface area (Å²) in [4.78, 5) is 26.6. The second-order valence-corrected chi connectivity index (χ2v) is 5.60. The van der Waals surface area contributed by atoms with Crippen molar-refractivity contribution in [3.8, 4) is 0 Å². The summed E-state index contributed by atoms with van der Waals surface area (Å²) >= 11 is 1.21. The van der Waals surface area contributed by atoms with Crippen molar-refractivity contribution in [3.63, 3.8) is 0 Å². The third-order valence-electron chi connectivity index (χ3n) is 3.20. The van der Waals surface area contributed by atoms with E-state index in [0.29, 0.717) is 5.01 Å². The van der Waals surface area contributed by atoms with E-state index in [-0.39, 0.29) is 24.6 Å². The summed E-state index contributed by atoms with van der Waals surface area (Å²) in [5, 5.41) is 17.8. The fraction of sp³-hybridized carbons (Fsp3) is 0.385. The molecule has 0 aliphatic heterocycles. The number of hydrogen-bond donors (Lipinski definition) is 2. The lowest BCUT2D eigenvalue weighted by Crippen LogP contribution is -2.25. The first-order valence-corrected chi connectivity index (χ1v) is 7.20. The fourth-order valence-corrected chi connectivity index (χ4v) is 2.67. The second-order valence-electron chi connectivity index (χ2n) is 4.66. The van der Waals surface area contributed by atoms with E-state index in [9.17, 15) is 9.59 Å². The van der Waals surface area contributed by atoms with Crippen LogP contribution in [0.25, 0.3) is 0 Å². The summed E-state index contributed by atoms with van der Waals surface area (Å²) in [6.45, 7) is 4.02. The molecule has 2 rings (SSSR count). The van der Waals surface area contributed by atoms with Gasteiger partial charge in [-0.1, -0.05) is 0 Å². The number of nitrogens with zero attached hydrogens (tertiary/aromatic N) is 3. The van der Waals surface area contributed by atoms with E-state index in [1.807, 2.05) is 20.9 Å². The number of carbonyl (C=O) groups excluding carboxylic acids is 1. The van der Waals surface area contributed by atoms with Gasteiger partial charge < -0.3 is 10.4 Å². The van der Waals surface area contributed by atoms with E-state index >= 15 is 0 Å². The van der Waals surface area contributed by atoms with Crippen LogP contribution in [0, 0.1) is 13.8 Å². The van der Waals surface area contributed by atoms with Crippen LogP contribution < -0.4 is 5.32 Å². The Morgan fingerprint density at radius 3 is 2.67 bits per heavy atom. The van der Waals surface area contributed by atoms with Crippen LogP contribution in [0.2, 0.25) is 0 Å². The Kier molecular flexibility index (Phi) is 4.37. The molecule has 0 unspecified atom stereocenters. The first-order chi connectivity index (χ1) is 9.88. The van der Waals surface area contributed by atoms with Gasteiger partial charge in [-0.15, -0.1) is 11.3 Å². The minimum atomic E-state index is -1.06. The van der Waals surface area contributed by atoms with Gasteiger partial charge in [0.2, 0.25) is 5.91 Å². The van der Waals surface area contributed by atoms with E-state index in [2.05, 4.69) is 15.4 Å². The summed E-state index contributed by atoms with van der Waals surface area (Å²) < 4.78 is 1.75. The Balaban J connectivity index is 1.94. The molecule has 0 aliphatic carbocycles. The average Bonchev–Trinajstić information content (AvgIpc) is 2.98. The van der Waals surface area contributed by atoms with Gasteiger partial charge in [-0.05, 0) is 13.8 Å². The number of carboxylic acids is 1. The number of thiazole rings is 1. The summed E-state index contributed by atoms with van der Waals surface area (Å²) in [6, 6.07) is 0. The molecule has 2 aromatic heterocycles. The number of aromatic nitrogens is 3. The van der Waals surface area contributed by atoms with Crippen molar-refractivity contribution in [2.75, 3.05) is 0 Å². The first kappa shape index (κ1) is 15.2. The van der Waals surface area contributed by atoms with Crippen molar-refractivity contribution in [1.82, 2.24) is 20.1 Å². The molecule has 0 saturated carbocycles. The Hall–Kier alpha value is -2.22. The molecule has 2 aromatic rings. The van der Waals surface area contributed by atoms with Gasteiger partial charge in [0.1, 0.15) is 5.01 Å². The number of carbonyl (C=O) groups is 2. The number of carboxylic acid groups (broad SMARTS) is 1. The number of aryl methyl sites for hydroxylation is 2. The lowest BCUT2D eigenvalue weighted by Gasteiger charge is -2.04. The lowest BCUT2D eigenvalue weighted by molar-refractivity contribution is -0.120. The predicted octanol–water partition coefficient (Wildman–Crippen LogP) is 1.05. The SMILES string of the molecule is Cc1nn(C)c(C)c1CC(=O)NCc1nc(C(=O)O)cs1. The van der Waals surface area contributed by atoms with Crippen LogP contribution in [0.3, 0.4) is 0 Å². The number of rotatable bonds is 5. The fourth-order valence-electron chi connectivity index (χ4n) is 1.96. The van der Waals surface area contributed by atoms with Crippen molar-refractivity contribution in [3.05, 3.63) is 33.0 Å². The topological polar surface area (TPSA) is 97.1 Å². The Morgan fingerprint density at radius 2 is 2.14 bits per heavy atom. The Morgan fingerprint density at radius 1 is 1.43 bits per heavy atom. The van der Waals surface area contributed by atoms with Gasteiger partial charge in [0.15, 0.2) is 5.69 Å². The normalized spacial score (nSPS) is 10.6. The number of nitrogens with one attached hydrogen (secondary N) is 1. The quantitative estimate of drug-likeness (QED) is 0.860. The molecule has 0 fully saturated rings. The molecular formula is C13H16N4O3S. The standard InChI is InChI=1S/C13H16N4O3S/c1-7-9(8(2)17(3)16-7)4-11(18)14-5-12-15-10(6-21-12)13(19)20/h6H,4-5H2,1-3H3,(H,14,18)(H,19,20). The largest absolute Gasteiger partial charge is 0.476 e. The smallest absolute Gasteiger partial charge is 0.355 e. The summed E-state index contributed by atoms with van der Waals surface area (Å²) in [5.74, 6) is -1.20. The van der Waals surface area contributed by atoms with Gasteiger partial charge >= 0.3 is 5.97 Å². The van der Waals surface area contributed by atoms with E-state index in [0.717, 1.165) is 17.0 Å². The molecule has 21 heavy (non-hydrogen) atoms. The molecule has 0 radical (unpaired) electrons. The van der Waals surface area contributed by atoms with E-state index in [4.69, 9.17) is 5.11 Å². The molecule has 0 atom stereocenters. The van der Waals surface area contributed by atoms with Crippen molar-refractivity contribution < 1.29 is 14.7 Å². The van der Waals surface area contributed by atoms with Crippen LogP contribution in [0.5, 0.6) is 0 Å².